The van der Waals surface area contributed by atoms with Crippen LogP contribution >= 0.6 is 0 Å². The molecule has 16 heavy (non-hydrogen) atoms. The molecule has 0 saturated heterocycles. The smallest absolute Gasteiger partial charge is 0.00864 e. The molecule has 84 valence electrons. The molecule has 1 heteroatoms. The van der Waals surface area contributed by atoms with Gasteiger partial charge in [-0.15, -0.1) is 0 Å². The molecule has 1 nitrogen and oxygen atoms in total. The zero-order valence-electron chi connectivity index (χ0n) is 9.87. The van der Waals surface area contributed by atoms with Gasteiger partial charge >= 0.3 is 0 Å². The van der Waals surface area contributed by atoms with E-state index in [1.807, 2.05) is 0 Å². The minimum absolute atomic E-state index is 0.687. The van der Waals surface area contributed by atoms with Gasteiger partial charge in [-0.05, 0) is 44.6 Å². The fraction of sp³-hybridized carbons (Fsp3) is 0.467. The second-order valence-electron chi connectivity index (χ2n) is 5.30. The van der Waals surface area contributed by atoms with Crippen molar-refractivity contribution in [3.63, 3.8) is 0 Å². The van der Waals surface area contributed by atoms with Gasteiger partial charge < -0.3 is 5.73 Å². The predicted octanol–water partition coefficient (Wildman–Crippen LogP) is 3.46. The highest BCUT2D eigenvalue weighted by molar-refractivity contribution is 5.40. The van der Waals surface area contributed by atoms with Crippen LogP contribution < -0.4 is 5.73 Å². The van der Waals surface area contributed by atoms with Gasteiger partial charge in [-0.1, -0.05) is 34.9 Å². The molecule has 2 atom stereocenters. The highest BCUT2D eigenvalue weighted by Gasteiger charge is 2.32. The third-order valence-electron chi connectivity index (χ3n) is 4.16. The molecule has 2 N–H and O–H groups in total. The first-order valence-electron chi connectivity index (χ1n) is 6.27. The fourth-order valence-electron chi connectivity index (χ4n) is 3.32. The molecule has 2 unspecified atom stereocenters. The van der Waals surface area contributed by atoms with E-state index in [-0.39, 0.29) is 0 Å². The van der Waals surface area contributed by atoms with E-state index in [0.717, 1.165) is 18.0 Å². The van der Waals surface area contributed by atoms with Gasteiger partial charge in [-0.25, -0.2) is 0 Å². The van der Waals surface area contributed by atoms with E-state index in [1.165, 1.54) is 24.8 Å². The van der Waals surface area contributed by atoms with Crippen LogP contribution in [0, 0.1) is 11.8 Å². The number of rotatable bonds is 0. The maximum Gasteiger partial charge on any atom is 0.00864 e. The number of nitrogens with two attached hydrogens (primary N) is 1. The highest BCUT2D eigenvalue weighted by atomic mass is 14.6. The van der Waals surface area contributed by atoms with Crippen LogP contribution in [-0.2, 0) is 0 Å². The van der Waals surface area contributed by atoms with Gasteiger partial charge in [-0.3, -0.25) is 0 Å². The quantitative estimate of drug-likeness (QED) is 0.655. The van der Waals surface area contributed by atoms with Gasteiger partial charge in [0, 0.05) is 11.6 Å². The summed E-state index contributed by atoms with van der Waals surface area (Å²) in [4.78, 5) is 0. The number of hydrogen-bond acceptors (Lipinski definition) is 1. The van der Waals surface area contributed by atoms with Crippen LogP contribution in [0.1, 0.15) is 32.6 Å². The van der Waals surface area contributed by atoms with Gasteiger partial charge in [-0.2, -0.15) is 0 Å². The normalized spacial score (nSPS) is 32.8. The monoisotopic (exact) mass is 213 g/mol. The minimum atomic E-state index is 0.687. The van der Waals surface area contributed by atoms with Crippen LogP contribution in [-0.4, -0.2) is 0 Å². The van der Waals surface area contributed by atoms with Gasteiger partial charge in [0.1, 0.15) is 0 Å². The first-order valence-corrected chi connectivity index (χ1v) is 6.27. The van der Waals surface area contributed by atoms with E-state index in [1.54, 1.807) is 11.1 Å². The average Bonchev–Trinajstić information content (AvgIpc) is 2.28. The third-order valence-corrected chi connectivity index (χ3v) is 4.16. The Hall–Kier alpha value is -1.24. The molecule has 3 aliphatic rings. The predicted molar refractivity (Wildman–Crippen MR) is 67.6 cm³/mol. The molecule has 0 radical (unpaired) electrons. The summed E-state index contributed by atoms with van der Waals surface area (Å²) in [5.74, 6) is 1.41. The number of hydrogen-bond donors (Lipinski definition) is 1. The van der Waals surface area contributed by atoms with Crippen molar-refractivity contribution in [3.05, 3.63) is 46.7 Å². The lowest BCUT2D eigenvalue weighted by atomic mass is 9.67. The van der Waals surface area contributed by atoms with Crippen molar-refractivity contribution >= 4 is 0 Å². The molecule has 1 fully saturated rings. The Balaban J connectivity index is 1.95. The van der Waals surface area contributed by atoms with Crippen molar-refractivity contribution in [3.8, 4) is 0 Å². The molecule has 0 bridgehead atoms. The standard InChI is InChI=1S/C15H19N/c1-10-2-6-14-11(8-10)3-4-12-9-13(16)5-7-15(12)14/h2,5,7-8,12,14H,3-4,6,9,16H2,1H3. The van der Waals surface area contributed by atoms with Crippen molar-refractivity contribution in [2.75, 3.05) is 0 Å². The van der Waals surface area contributed by atoms with E-state index in [4.69, 9.17) is 5.73 Å². The van der Waals surface area contributed by atoms with Crippen LogP contribution in [0.3, 0.4) is 0 Å². The van der Waals surface area contributed by atoms with Crippen molar-refractivity contribution in [2.24, 2.45) is 17.6 Å². The Kier molecular flexibility index (Phi) is 2.27. The van der Waals surface area contributed by atoms with E-state index in [0.29, 0.717) is 5.92 Å². The lowest BCUT2D eigenvalue weighted by Crippen LogP contribution is -2.26. The summed E-state index contributed by atoms with van der Waals surface area (Å²) >= 11 is 0. The van der Waals surface area contributed by atoms with Gasteiger partial charge in [0.15, 0.2) is 0 Å². The summed E-state index contributed by atoms with van der Waals surface area (Å²) in [6, 6.07) is 0. The molecule has 1 saturated carbocycles. The summed E-state index contributed by atoms with van der Waals surface area (Å²) in [7, 11) is 0. The average molecular weight is 213 g/mol. The summed E-state index contributed by atoms with van der Waals surface area (Å²) < 4.78 is 0. The molecule has 0 aliphatic heterocycles. The molecule has 0 aromatic heterocycles. The van der Waals surface area contributed by atoms with E-state index in [9.17, 15) is 0 Å². The molecule has 0 aromatic rings. The molecule has 0 aromatic carbocycles. The Bertz CT molecular complexity index is 434. The lowest BCUT2D eigenvalue weighted by Gasteiger charge is -2.38. The maximum atomic E-state index is 5.92. The van der Waals surface area contributed by atoms with Crippen LogP contribution in [0.25, 0.3) is 0 Å². The summed E-state index contributed by atoms with van der Waals surface area (Å²) in [6.07, 6.45) is 14.0. The molecule has 0 heterocycles. The number of allylic oxidation sites excluding steroid dienone is 8. The first-order chi connectivity index (χ1) is 7.74. The zero-order chi connectivity index (χ0) is 11.1. The molecule has 0 amide bonds. The number of fused-ring (bicyclic) bond motifs is 3. The molecular weight excluding hydrogens is 194 g/mol. The summed E-state index contributed by atoms with van der Waals surface area (Å²) in [6.45, 7) is 2.21. The second kappa shape index (κ2) is 3.65. The van der Waals surface area contributed by atoms with Crippen LogP contribution in [0.2, 0.25) is 0 Å². The van der Waals surface area contributed by atoms with Crippen LogP contribution in [0.15, 0.2) is 46.7 Å². The van der Waals surface area contributed by atoms with E-state index >= 15 is 0 Å². The Morgan fingerprint density at radius 3 is 3.06 bits per heavy atom. The van der Waals surface area contributed by atoms with Gasteiger partial charge in [0.05, 0.1) is 0 Å². The van der Waals surface area contributed by atoms with Crippen LogP contribution in [0.5, 0.6) is 0 Å². The van der Waals surface area contributed by atoms with Gasteiger partial charge in [0.25, 0.3) is 0 Å². The Morgan fingerprint density at radius 2 is 2.19 bits per heavy atom. The zero-order valence-corrected chi connectivity index (χ0v) is 9.87. The first kappa shape index (κ1) is 9.95. The van der Waals surface area contributed by atoms with Crippen molar-refractivity contribution < 1.29 is 0 Å². The Morgan fingerprint density at radius 1 is 1.31 bits per heavy atom. The maximum absolute atomic E-state index is 5.92. The SMILES string of the molecule is CC1=CCC2C(=C1)CCC1CC(N)=CC=C12. The second-order valence-corrected chi connectivity index (χ2v) is 5.30. The van der Waals surface area contributed by atoms with E-state index in [2.05, 4.69) is 31.2 Å². The third kappa shape index (κ3) is 1.55. The summed E-state index contributed by atoms with van der Waals surface area (Å²) in [5, 5.41) is 0. The largest absolute Gasteiger partial charge is 0.402 e. The summed E-state index contributed by atoms with van der Waals surface area (Å²) in [5.41, 5.74) is 11.7. The highest BCUT2D eigenvalue weighted by Crippen LogP contribution is 2.45. The Labute approximate surface area is 97.4 Å². The molecule has 0 spiro atoms. The lowest BCUT2D eigenvalue weighted by molar-refractivity contribution is 0.430. The van der Waals surface area contributed by atoms with E-state index < -0.39 is 0 Å². The minimum Gasteiger partial charge on any atom is -0.402 e. The molecular formula is C15H19N. The topological polar surface area (TPSA) is 26.0 Å². The van der Waals surface area contributed by atoms with Gasteiger partial charge in [0.2, 0.25) is 0 Å². The van der Waals surface area contributed by atoms with Crippen molar-refractivity contribution in [1.29, 1.82) is 0 Å². The van der Waals surface area contributed by atoms with Crippen LogP contribution in [0.4, 0.5) is 0 Å². The van der Waals surface area contributed by atoms with Crippen molar-refractivity contribution in [2.45, 2.75) is 32.6 Å². The molecule has 3 aliphatic carbocycles. The molecule has 3 rings (SSSR count). The fourth-order valence-corrected chi connectivity index (χ4v) is 3.32. The van der Waals surface area contributed by atoms with Crippen molar-refractivity contribution in [1.82, 2.24) is 0 Å².